The van der Waals surface area contributed by atoms with Crippen LogP contribution in [0.4, 0.5) is 0 Å². The van der Waals surface area contributed by atoms with Crippen molar-refractivity contribution in [2.24, 2.45) is 17.3 Å². The first-order chi connectivity index (χ1) is 18.3. The minimum atomic E-state index is -3.61. The first-order valence-electron chi connectivity index (χ1n) is 13.0. The van der Waals surface area contributed by atoms with Gasteiger partial charge in [0.2, 0.25) is 12.7 Å². The van der Waals surface area contributed by atoms with Gasteiger partial charge in [-0.15, -0.1) is 11.3 Å². The fraction of sp³-hybridized carbons (Fsp3) is 0.615. The van der Waals surface area contributed by atoms with Crippen molar-refractivity contribution in [3.05, 3.63) is 22.6 Å². The van der Waals surface area contributed by atoms with E-state index in [0.29, 0.717) is 33.9 Å². The zero-order valence-corrected chi connectivity index (χ0v) is 24.2. The van der Waals surface area contributed by atoms with E-state index >= 15 is 0 Å². The number of hydrogen-bond donors (Lipinski definition) is 1. The molecule has 1 amide bonds. The lowest BCUT2D eigenvalue weighted by Crippen LogP contribution is -2.63. The van der Waals surface area contributed by atoms with Crippen LogP contribution in [0.1, 0.15) is 63.6 Å². The molecule has 39 heavy (non-hydrogen) atoms. The molecule has 2 aromatic heterocycles. The average Bonchev–Trinajstić information content (AvgIpc) is 3.48. The topological polar surface area (TPSA) is 145 Å². The molecule has 1 saturated heterocycles. The number of imidazole rings is 1. The summed E-state index contributed by atoms with van der Waals surface area (Å²) in [6.45, 7) is 6.35. The van der Waals surface area contributed by atoms with Crippen LogP contribution in [-0.4, -0.2) is 70.8 Å². The quantitative estimate of drug-likeness (QED) is 0.297. The van der Waals surface area contributed by atoms with Crippen molar-refractivity contribution in [3.63, 3.8) is 0 Å². The highest BCUT2D eigenvalue weighted by Gasteiger charge is 2.60. The Bertz CT molecular complexity index is 1500. The van der Waals surface area contributed by atoms with Crippen LogP contribution in [-0.2, 0) is 33.7 Å². The van der Waals surface area contributed by atoms with Crippen molar-refractivity contribution in [2.45, 2.75) is 77.0 Å². The molecule has 13 heteroatoms. The molecule has 2 fully saturated rings. The number of aliphatic hydroxyl groups is 1. The van der Waals surface area contributed by atoms with Gasteiger partial charge in [-0.05, 0) is 33.6 Å². The van der Waals surface area contributed by atoms with Crippen LogP contribution in [0.25, 0.3) is 10.4 Å². The standard InChI is InChI=1S/C26H33N3O8S2/c1-13-17(16-11-28-15(3)27-21(23(28)38-16)39(5,34)35)20(29-19(13)18(14(2)30)22(29)31)24(32)36-12-37-25(33)26(4)9-7-6-8-10-26/h11,13-14,18-19,30H,6-10,12H2,1-5H3/t13-,14+,18+,19+/m0/s1. The van der Waals surface area contributed by atoms with Gasteiger partial charge in [-0.25, -0.2) is 18.2 Å². The van der Waals surface area contributed by atoms with Gasteiger partial charge in [0.25, 0.3) is 0 Å². The molecule has 0 spiro atoms. The van der Waals surface area contributed by atoms with Gasteiger partial charge in [0.1, 0.15) is 16.4 Å². The molecule has 0 unspecified atom stereocenters. The van der Waals surface area contributed by atoms with Gasteiger partial charge in [0, 0.05) is 23.9 Å². The summed E-state index contributed by atoms with van der Waals surface area (Å²) in [5, 5.41) is 10.2. The number of β-lactam (4-membered cyclic amide) rings is 1. The fourth-order valence-corrected chi connectivity index (χ4v) is 8.62. The predicted molar refractivity (Wildman–Crippen MR) is 141 cm³/mol. The van der Waals surface area contributed by atoms with Gasteiger partial charge in [-0.2, -0.15) is 0 Å². The second kappa shape index (κ2) is 9.70. The third-order valence-electron chi connectivity index (χ3n) is 8.28. The second-order valence-corrected chi connectivity index (χ2v) is 14.1. The third kappa shape index (κ3) is 4.48. The Kier molecular flexibility index (Phi) is 6.91. The molecule has 0 radical (unpaired) electrons. The molecular weight excluding hydrogens is 546 g/mol. The highest BCUT2D eigenvalue weighted by Crippen LogP contribution is 2.52. The molecule has 0 aromatic carbocycles. The number of aromatic nitrogens is 2. The van der Waals surface area contributed by atoms with Crippen molar-refractivity contribution in [2.75, 3.05) is 13.0 Å². The smallest absolute Gasteiger partial charge is 0.358 e. The van der Waals surface area contributed by atoms with Crippen molar-refractivity contribution in [3.8, 4) is 0 Å². The van der Waals surface area contributed by atoms with Crippen molar-refractivity contribution in [1.82, 2.24) is 14.3 Å². The highest BCUT2D eigenvalue weighted by molar-refractivity contribution is 7.91. The molecule has 4 heterocycles. The Balaban J connectivity index is 1.48. The Morgan fingerprint density at radius 2 is 1.92 bits per heavy atom. The maximum Gasteiger partial charge on any atom is 0.358 e. The summed E-state index contributed by atoms with van der Waals surface area (Å²) in [6.07, 6.45) is 6.25. The number of aliphatic hydroxyl groups excluding tert-OH is 1. The molecule has 5 rings (SSSR count). The Morgan fingerprint density at radius 1 is 1.26 bits per heavy atom. The SMILES string of the molecule is Cc1nc(S(C)(=O)=O)c2sc(C3=C(C(=O)OCOC(=O)C4(C)CCCCC4)N4C(=O)[C@H]([C@@H](C)O)[C@H]4[C@H]3C)cn12. The molecule has 4 atom stereocenters. The Labute approximate surface area is 230 Å². The van der Waals surface area contributed by atoms with Crippen LogP contribution in [0, 0.1) is 24.2 Å². The van der Waals surface area contributed by atoms with Gasteiger partial charge in [0.15, 0.2) is 14.9 Å². The molecule has 1 saturated carbocycles. The fourth-order valence-electron chi connectivity index (χ4n) is 6.16. The van der Waals surface area contributed by atoms with E-state index in [1.807, 2.05) is 13.8 Å². The van der Waals surface area contributed by atoms with Crippen molar-refractivity contribution < 1.29 is 37.4 Å². The number of aryl methyl sites for hydroxylation is 1. The van der Waals surface area contributed by atoms with Gasteiger partial charge in [-0.1, -0.05) is 26.2 Å². The molecule has 1 aliphatic carbocycles. The molecule has 1 N–H and O–H groups in total. The van der Waals surface area contributed by atoms with Crippen LogP contribution in [0.3, 0.4) is 0 Å². The summed E-state index contributed by atoms with van der Waals surface area (Å²) in [4.78, 5) is 45.7. The van der Waals surface area contributed by atoms with Crippen molar-refractivity contribution >= 4 is 49.4 Å². The van der Waals surface area contributed by atoms with E-state index in [4.69, 9.17) is 9.47 Å². The Morgan fingerprint density at radius 3 is 2.54 bits per heavy atom. The van der Waals surface area contributed by atoms with Gasteiger partial charge in [0.05, 0.1) is 28.4 Å². The van der Waals surface area contributed by atoms with Crippen LogP contribution < -0.4 is 0 Å². The molecule has 212 valence electrons. The third-order valence-corrected chi connectivity index (χ3v) is 10.5. The summed E-state index contributed by atoms with van der Waals surface area (Å²) in [5.41, 5.74) is -0.0768. The monoisotopic (exact) mass is 579 g/mol. The number of amides is 1. The van der Waals surface area contributed by atoms with E-state index in [-0.39, 0.29) is 16.6 Å². The number of sulfone groups is 1. The summed E-state index contributed by atoms with van der Waals surface area (Å²) >= 11 is 1.15. The zero-order chi connectivity index (χ0) is 28.4. The number of thiazole rings is 1. The number of hydrogen-bond acceptors (Lipinski definition) is 10. The van der Waals surface area contributed by atoms with E-state index < -0.39 is 58.0 Å². The minimum Gasteiger partial charge on any atom is -0.427 e. The minimum absolute atomic E-state index is 0.0188. The summed E-state index contributed by atoms with van der Waals surface area (Å²) < 4.78 is 37.0. The molecule has 2 aromatic rings. The maximum absolute atomic E-state index is 13.4. The summed E-state index contributed by atoms with van der Waals surface area (Å²) in [6, 6.07) is -0.464. The molecule has 2 aliphatic heterocycles. The van der Waals surface area contributed by atoms with Gasteiger partial charge < -0.3 is 19.5 Å². The van der Waals surface area contributed by atoms with Gasteiger partial charge >= 0.3 is 11.9 Å². The zero-order valence-electron chi connectivity index (χ0n) is 22.6. The van der Waals surface area contributed by atoms with E-state index in [1.165, 1.54) is 11.8 Å². The maximum atomic E-state index is 13.4. The van der Waals surface area contributed by atoms with Crippen molar-refractivity contribution in [1.29, 1.82) is 0 Å². The molecule has 0 bridgehead atoms. The first kappa shape index (κ1) is 27.8. The lowest BCUT2D eigenvalue weighted by atomic mass is 9.76. The van der Waals surface area contributed by atoms with Gasteiger partial charge in [-0.3, -0.25) is 14.0 Å². The number of fused-ring (bicyclic) bond motifs is 2. The summed E-state index contributed by atoms with van der Waals surface area (Å²) in [5.74, 6) is -2.21. The lowest BCUT2D eigenvalue weighted by Gasteiger charge is -2.46. The average molecular weight is 580 g/mol. The molecule has 3 aliphatic rings. The number of esters is 2. The number of nitrogens with zero attached hydrogens (tertiary/aromatic N) is 3. The van der Waals surface area contributed by atoms with E-state index in [1.54, 1.807) is 17.5 Å². The van der Waals surface area contributed by atoms with Crippen LogP contribution >= 0.6 is 11.3 Å². The predicted octanol–water partition coefficient (Wildman–Crippen LogP) is 2.69. The molecular formula is C26H33N3O8S2. The second-order valence-electron chi connectivity index (χ2n) is 11.1. The highest BCUT2D eigenvalue weighted by atomic mass is 32.2. The Hall–Kier alpha value is -2.77. The van der Waals surface area contributed by atoms with Crippen LogP contribution in [0.5, 0.6) is 0 Å². The number of carbonyl (C=O) groups is 3. The number of ether oxygens (including phenoxy) is 2. The molecule has 11 nitrogen and oxygen atoms in total. The first-order valence-corrected chi connectivity index (χ1v) is 15.8. The normalized spacial score (nSPS) is 25.4. The van der Waals surface area contributed by atoms with E-state index in [0.717, 1.165) is 36.9 Å². The van der Waals surface area contributed by atoms with Crippen LogP contribution in [0.15, 0.2) is 16.9 Å². The lowest BCUT2D eigenvalue weighted by molar-refractivity contribution is -0.177. The van der Waals surface area contributed by atoms with E-state index in [2.05, 4.69) is 4.98 Å². The summed E-state index contributed by atoms with van der Waals surface area (Å²) in [7, 11) is -3.61. The number of rotatable bonds is 7. The largest absolute Gasteiger partial charge is 0.427 e. The van der Waals surface area contributed by atoms with E-state index in [9.17, 15) is 27.9 Å². The van der Waals surface area contributed by atoms with Crippen LogP contribution in [0.2, 0.25) is 0 Å². The number of carbonyl (C=O) groups excluding carboxylic acids is 3.